The average molecular weight is 693 g/mol. The summed E-state index contributed by atoms with van der Waals surface area (Å²) in [4.78, 5) is 35.5. The number of carbonyl (C=O) groups is 1. The number of carbonyl (C=O) groups excluding carboxylic acids is 1. The number of rotatable bonds is 7. The normalized spacial score (nSPS) is 25.0. The first-order valence-corrected chi connectivity index (χ1v) is 19.0. The third kappa shape index (κ3) is 5.37. The molecule has 0 bridgehead atoms. The number of amides is 1. The molecule has 1 atom stereocenters. The summed E-state index contributed by atoms with van der Waals surface area (Å²) in [5, 5.41) is 13.6. The number of hydrogen-bond donors (Lipinski definition) is 2. The van der Waals surface area contributed by atoms with Crippen molar-refractivity contribution < 1.29 is 14.3 Å². The van der Waals surface area contributed by atoms with Gasteiger partial charge in [0.1, 0.15) is 11.7 Å². The SMILES string of the molecule is CC(O)N1CCC2(CC1)C(=O)N(C1CC(N3CCCC4(CCC4)C3)C1)c1cc(-c3cc4ncn(C(C)C)c4c(Nc4ccncc4F)n3)ccc12. The third-order valence-corrected chi connectivity index (χ3v) is 13.1. The van der Waals surface area contributed by atoms with Crippen LogP contribution in [-0.4, -0.2) is 84.8 Å². The van der Waals surface area contributed by atoms with Crippen molar-refractivity contribution in [3.63, 3.8) is 0 Å². The number of aliphatic hydroxyl groups is 1. The standard InChI is InChI=1S/C40H49FN8O2/c1-25(2)48-24-43-34-21-33(45-37(36(34)48)44-32-8-14-42-22-31(32)41)27-6-7-30-35(18-27)49(38(51)40(30)12-16-46(17-13-40)26(3)50)29-19-28(20-29)47-15-5-11-39(23-47)9-4-10-39/h6-8,14,18,21-22,24-26,28-29,50H,4-5,9-13,15-17,19-20,23H2,1-3H3,(H,42,44,45). The van der Waals surface area contributed by atoms with E-state index in [2.05, 4.69) is 57.0 Å². The smallest absolute Gasteiger partial charge is 0.238 e. The van der Waals surface area contributed by atoms with Crippen molar-refractivity contribution in [2.45, 2.75) is 108 Å². The Morgan fingerprint density at radius 3 is 2.47 bits per heavy atom. The molecule has 11 heteroatoms. The van der Waals surface area contributed by atoms with Gasteiger partial charge in [-0.15, -0.1) is 0 Å². The Kier molecular flexibility index (Phi) is 7.97. The maximum Gasteiger partial charge on any atom is 0.238 e. The van der Waals surface area contributed by atoms with Gasteiger partial charge in [-0.05, 0) is 108 Å². The Labute approximate surface area is 299 Å². The van der Waals surface area contributed by atoms with E-state index in [1.807, 2.05) is 23.9 Å². The number of anilines is 3. The molecule has 4 aromatic rings. The van der Waals surface area contributed by atoms with Crippen molar-refractivity contribution in [3.05, 3.63) is 60.4 Å². The van der Waals surface area contributed by atoms with E-state index >= 15 is 0 Å². The van der Waals surface area contributed by atoms with Crippen LogP contribution in [-0.2, 0) is 10.2 Å². The predicted molar refractivity (Wildman–Crippen MR) is 196 cm³/mol. The Bertz CT molecular complexity index is 1970. The van der Waals surface area contributed by atoms with Crippen LogP contribution in [0.1, 0.15) is 90.2 Å². The minimum atomic E-state index is -0.593. The van der Waals surface area contributed by atoms with Crippen molar-refractivity contribution >= 4 is 34.1 Å². The molecule has 1 amide bonds. The molecule has 9 rings (SSSR count). The first kappa shape index (κ1) is 32.9. The van der Waals surface area contributed by atoms with Crippen LogP contribution in [0.3, 0.4) is 0 Å². The van der Waals surface area contributed by atoms with E-state index in [0.29, 0.717) is 54.6 Å². The first-order chi connectivity index (χ1) is 24.6. The lowest BCUT2D eigenvalue weighted by atomic mass is 9.63. The van der Waals surface area contributed by atoms with Crippen LogP contribution in [0.25, 0.3) is 22.3 Å². The van der Waals surface area contributed by atoms with Gasteiger partial charge in [0.25, 0.3) is 0 Å². The maximum absolute atomic E-state index is 14.8. The molecule has 51 heavy (non-hydrogen) atoms. The molecule has 2 saturated heterocycles. The quantitative estimate of drug-likeness (QED) is 0.219. The molecule has 0 radical (unpaired) electrons. The number of imidazole rings is 1. The molecule has 1 aromatic carbocycles. The van der Waals surface area contributed by atoms with Gasteiger partial charge in [-0.3, -0.25) is 19.6 Å². The second kappa shape index (κ2) is 12.3. The Hall–Kier alpha value is -3.93. The van der Waals surface area contributed by atoms with Gasteiger partial charge in [0.15, 0.2) is 11.6 Å². The summed E-state index contributed by atoms with van der Waals surface area (Å²) in [5.41, 5.74) is 5.49. The van der Waals surface area contributed by atoms with Gasteiger partial charge >= 0.3 is 0 Å². The largest absolute Gasteiger partial charge is 0.379 e. The number of piperidine rings is 2. The molecule has 6 heterocycles. The zero-order valence-electron chi connectivity index (χ0n) is 30.0. The van der Waals surface area contributed by atoms with Gasteiger partial charge < -0.3 is 19.9 Å². The minimum Gasteiger partial charge on any atom is -0.379 e. The summed E-state index contributed by atoms with van der Waals surface area (Å²) in [6.45, 7) is 9.73. The fourth-order valence-electron chi connectivity index (χ4n) is 9.88. The van der Waals surface area contributed by atoms with Gasteiger partial charge in [0, 0.05) is 55.2 Å². The molecular formula is C40H49FN8O2. The molecule has 5 aliphatic rings. The number of halogens is 1. The second-order valence-corrected chi connectivity index (χ2v) is 16.3. The summed E-state index contributed by atoms with van der Waals surface area (Å²) < 4.78 is 16.9. The molecule has 4 fully saturated rings. The van der Waals surface area contributed by atoms with Gasteiger partial charge in [-0.1, -0.05) is 18.6 Å². The van der Waals surface area contributed by atoms with Crippen LogP contribution in [0, 0.1) is 11.2 Å². The molecule has 3 aliphatic heterocycles. The number of nitrogens with zero attached hydrogens (tertiary/aromatic N) is 7. The fraction of sp³-hybridized carbons (Fsp3) is 0.550. The summed E-state index contributed by atoms with van der Waals surface area (Å²) in [5.74, 6) is 0.271. The number of aliphatic hydroxyl groups excluding tert-OH is 1. The lowest BCUT2D eigenvalue weighted by Gasteiger charge is -2.54. The molecule has 2 N–H and O–H groups in total. The lowest BCUT2D eigenvalue weighted by molar-refractivity contribution is -0.127. The van der Waals surface area contributed by atoms with Crippen LogP contribution in [0.2, 0.25) is 0 Å². The van der Waals surface area contributed by atoms with Crippen LogP contribution in [0.5, 0.6) is 0 Å². The predicted octanol–water partition coefficient (Wildman–Crippen LogP) is 6.77. The Morgan fingerprint density at radius 1 is 0.980 bits per heavy atom. The van der Waals surface area contributed by atoms with Gasteiger partial charge in [0.05, 0.1) is 34.8 Å². The van der Waals surface area contributed by atoms with Crippen LogP contribution >= 0.6 is 0 Å². The van der Waals surface area contributed by atoms with Crippen LogP contribution < -0.4 is 10.2 Å². The van der Waals surface area contributed by atoms with E-state index in [-0.39, 0.29) is 18.0 Å². The highest BCUT2D eigenvalue weighted by Gasteiger charge is 2.56. The molecule has 2 spiro atoms. The van der Waals surface area contributed by atoms with Crippen molar-refractivity contribution in [2.75, 3.05) is 36.4 Å². The van der Waals surface area contributed by atoms with E-state index in [0.717, 1.165) is 40.7 Å². The summed E-state index contributed by atoms with van der Waals surface area (Å²) >= 11 is 0. The van der Waals surface area contributed by atoms with Crippen LogP contribution in [0.4, 0.5) is 21.6 Å². The minimum absolute atomic E-state index is 0.122. The Morgan fingerprint density at radius 2 is 1.76 bits per heavy atom. The zero-order chi connectivity index (χ0) is 35.1. The van der Waals surface area contributed by atoms with Crippen molar-refractivity contribution in [1.82, 2.24) is 29.3 Å². The number of hydrogen-bond acceptors (Lipinski definition) is 8. The third-order valence-electron chi connectivity index (χ3n) is 13.1. The van der Waals surface area contributed by atoms with Gasteiger partial charge in [-0.2, -0.15) is 0 Å². The van der Waals surface area contributed by atoms with Crippen molar-refractivity contribution in [2.24, 2.45) is 5.41 Å². The summed E-state index contributed by atoms with van der Waals surface area (Å²) in [6, 6.07) is 10.8. The monoisotopic (exact) mass is 692 g/mol. The Balaban J connectivity index is 1.08. The summed E-state index contributed by atoms with van der Waals surface area (Å²) in [6.07, 6.45) is 14.2. The van der Waals surface area contributed by atoms with E-state index in [4.69, 9.17) is 9.97 Å². The first-order valence-electron chi connectivity index (χ1n) is 19.0. The average Bonchev–Trinajstić information content (AvgIpc) is 3.63. The van der Waals surface area contributed by atoms with Crippen molar-refractivity contribution in [3.8, 4) is 11.3 Å². The highest BCUT2D eigenvalue weighted by atomic mass is 19.1. The van der Waals surface area contributed by atoms with E-state index in [9.17, 15) is 14.3 Å². The highest BCUT2D eigenvalue weighted by molar-refractivity contribution is 6.09. The second-order valence-electron chi connectivity index (χ2n) is 16.3. The van der Waals surface area contributed by atoms with Gasteiger partial charge in [-0.25, -0.2) is 14.4 Å². The number of nitrogens with one attached hydrogen (secondary N) is 1. The fourth-order valence-corrected chi connectivity index (χ4v) is 9.88. The molecule has 2 saturated carbocycles. The zero-order valence-corrected chi connectivity index (χ0v) is 30.0. The number of benzene rings is 1. The van der Waals surface area contributed by atoms with Crippen molar-refractivity contribution in [1.29, 1.82) is 0 Å². The van der Waals surface area contributed by atoms with Crippen LogP contribution in [0.15, 0.2) is 49.1 Å². The number of pyridine rings is 2. The molecule has 1 unspecified atom stereocenters. The molecule has 3 aromatic heterocycles. The number of fused-ring (bicyclic) bond motifs is 3. The molecule has 268 valence electrons. The highest BCUT2D eigenvalue weighted by Crippen LogP contribution is 2.53. The topological polar surface area (TPSA) is 103 Å². The molecule has 2 aliphatic carbocycles. The molecular weight excluding hydrogens is 643 g/mol. The molecule has 10 nitrogen and oxygen atoms in total. The number of likely N-dealkylation sites (tertiary alicyclic amines) is 2. The number of aromatic nitrogens is 4. The maximum atomic E-state index is 14.8. The van der Waals surface area contributed by atoms with Gasteiger partial charge in [0.2, 0.25) is 5.91 Å². The van der Waals surface area contributed by atoms with E-state index in [1.54, 1.807) is 12.3 Å². The lowest BCUT2D eigenvalue weighted by Crippen LogP contribution is -2.60. The van der Waals surface area contributed by atoms with E-state index in [1.165, 1.54) is 51.4 Å². The van der Waals surface area contributed by atoms with E-state index < -0.39 is 17.5 Å². The summed E-state index contributed by atoms with van der Waals surface area (Å²) in [7, 11) is 0.